The summed E-state index contributed by atoms with van der Waals surface area (Å²) in [6.07, 6.45) is -3.99. The standard InChI is InChI=1S/C16H21N5O8/c1-28-8(23)2-3-18-13(26)6-4-21(12-9(6)14(27)20-16(17)19-12)15-11(25)10(24)7(5-22)29-15/h4,7,10-11,15,22,24-25H,2-3,5H2,1H3,(H,18,26)(H3,17,19,20,27)/t7-,10-,11-,15-/m1/s1. The lowest BCUT2D eigenvalue weighted by Crippen LogP contribution is -2.33. The Labute approximate surface area is 163 Å². The Kier molecular flexibility index (Phi) is 5.83. The number of amides is 1. The number of carbonyl (C=O) groups is 2. The molecule has 1 aliphatic rings. The van der Waals surface area contributed by atoms with Crippen LogP contribution in [0.4, 0.5) is 5.95 Å². The molecule has 29 heavy (non-hydrogen) atoms. The molecule has 0 saturated carbocycles. The molecule has 0 aliphatic carbocycles. The summed E-state index contributed by atoms with van der Waals surface area (Å²) in [6, 6.07) is 0. The van der Waals surface area contributed by atoms with Gasteiger partial charge in [-0.05, 0) is 0 Å². The van der Waals surface area contributed by atoms with Gasteiger partial charge in [0.25, 0.3) is 11.5 Å². The molecule has 2 aromatic heterocycles. The Morgan fingerprint density at radius 2 is 2.14 bits per heavy atom. The van der Waals surface area contributed by atoms with Crippen LogP contribution in [0.1, 0.15) is 23.0 Å². The second-order valence-corrected chi connectivity index (χ2v) is 6.41. The van der Waals surface area contributed by atoms with Crippen molar-refractivity contribution in [3.8, 4) is 0 Å². The van der Waals surface area contributed by atoms with Crippen molar-refractivity contribution in [1.82, 2.24) is 19.9 Å². The molecule has 4 atom stereocenters. The van der Waals surface area contributed by atoms with Crippen LogP contribution in [0, 0.1) is 0 Å². The summed E-state index contributed by atoms with van der Waals surface area (Å²) in [4.78, 5) is 42.5. The zero-order chi connectivity index (χ0) is 21.3. The van der Waals surface area contributed by atoms with Gasteiger partial charge >= 0.3 is 5.97 Å². The number of hydrogen-bond acceptors (Lipinski definition) is 10. The summed E-state index contributed by atoms with van der Waals surface area (Å²) in [7, 11) is 1.22. The Morgan fingerprint density at radius 3 is 2.76 bits per heavy atom. The highest BCUT2D eigenvalue weighted by atomic mass is 16.6. The van der Waals surface area contributed by atoms with Gasteiger partial charge in [-0.1, -0.05) is 0 Å². The van der Waals surface area contributed by atoms with E-state index in [-0.39, 0.29) is 35.5 Å². The number of H-pyrrole nitrogens is 1. The van der Waals surface area contributed by atoms with E-state index in [0.717, 1.165) is 0 Å². The van der Waals surface area contributed by atoms with E-state index in [9.17, 15) is 29.7 Å². The van der Waals surface area contributed by atoms with Gasteiger partial charge in [-0.3, -0.25) is 19.4 Å². The molecule has 0 radical (unpaired) electrons. The Morgan fingerprint density at radius 1 is 1.41 bits per heavy atom. The molecule has 3 heterocycles. The van der Waals surface area contributed by atoms with Gasteiger partial charge in [0.2, 0.25) is 5.95 Å². The summed E-state index contributed by atoms with van der Waals surface area (Å²) in [5.41, 5.74) is 4.74. The minimum absolute atomic E-state index is 0.0354. The summed E-state index contributed by atoms with van der Waals surface area (Å²) in [6.45, 7) is -0.586. The van der Waals surface area contributed by atoms with Crippen LogP contribution >= 0.6 is 0 Å². The summed E-state index contributed by atoms with van der Waals surface area (Å²) in [5, 5.41) is 31.9. The molecule has 2 aromatic rings. The molecule has 0 aromatic carbocycles. The van der Waals surface area contributed by atoms with Crippen LogP contribution in [0.15, 0.2) is 11.0 Å². The number of nitrogen functional groups attached to an aromatic ring is 1. The molecular formula is C16H21N5O8. The minimum atomic E-state index is -1.46. The molecule has 13 nitrogen and oxygen atoms in total. The Balaban J connectivity index is 2.01. The molecule has 1 saturated heterocycles. The van der Waals surface area contributed by atoms with E-state index in [2.05, 4.69) is 20.0 Å². The molecule has 7 N–H and O–H groups in total. The second kappa shape index (κ2) is 8.16. The number of fused-ring (bicyclic) bond motifs is 1. The van der Waals surface area contributed by atoms with Gasteiger partial charge in [-0.25, -0.2) is 0 Å². The van der Waals surface area contributed by atoms with Gasteiger partial charge in [0.15, 0.2) is 11.9 Å². The highest BCUT2D eigenvalue weighted by Gasteiger charge is 2.44. The Hall–Kier alpha value is -3.00. The largest absolute Gasteiger partial charge is 0.469 e. The van der Waals surface area contributed by atoms with Crippen molar-refractivity contribution in [2.24, 2.45) is 0 Å². The lowest BCUT2D eigenvalue weighted by molar-refractivity contribution is -0.140. The quantitative estimate of drug-likeness (QED) is 0.270. The van der Waals surface area contributed by atoms with Crippen molar-refractivity contribution in [2.45, 2.75) is 31.0 Å². The van der Waals surface area contributed by atoms with E-state index in [1.54, 1.807) is 0 Å². The van der Waals surface area contributed by atoms with Crippen LogP contribution in [-0.2, 0) is 14.3 Å². The number of nitrogens with one attached hydrogen (secondary N) is 2. The van der Waals surface area contributed by atoms with E-state index in [4.69, 9.17) is 10.5 Å². The summed E-state index contributed by atoms with van der Waals surface area (Å²) < 4.78 is 11.1. The molecular weight excluding hydrogens is 390 g/mol. The molecule has 0 spiro atoms. The zero-order valence-corrected chi connectivity index (χ0v) is 15.4. The van der Waals surface area contributed by atoms with Crippen LogP contribution < -0.4 is 16.6 Å². The number of nitrogens with two attached hydrogens (primary N) is 1. The van der Waals surface area contributed by atoms with Crippen LogP contribution in [0.5, 0.6) is 0 Å². The fourth-order valence-corrected chi connectivity index (χ4v) is 3.12. The number of rotatable bonds is 6. The SMILES string of the molecule is COC(=O)CCNC(=O)c1cn([C@@H]2O[C@H](CO)[C@@H](O)[C@H]2O)c2nc(N)[nH]c(=O)c12. The number of aromatic amines is 1. The van der Waals surface area contributed by atoms with E-state index in [1.165, 1.54) is 17.9 Å². The van der Waals surface area contributed by atoms with Gasteiger partial charge in [-0.15, -0.1) is 0 Å². The molecule has 1 amide bonds. The normalized spacial score (nSPS) is 24.0. The molecule has 158 valence electrons. The first-order valence-electron chi connectivity index (χ1n) is 8.66. The van der Waals surface area contributed by atoms with Crippen LogP contribution in [0.25, 0.3) is 11.0 Å². The van der Waals surface area contributed by atoms with Crippen molar-refractivity contribution in [3.05, 3.63) is 22.1 Å². The lowest BCUT2D eigenvalue weighted by atomic mass is 10.1. The van der Waals surface area contributed by atoms with Gasteiger partial charge in [0.05, 0.1) is 31.1 Å². The van der Waals surface area contributed by atoms with Gasteiger partial charge in [-0.2, -0.15) is 4.98 Å². The third-order valence-electron chi connectivity index (χ3n) is 4.58. The lowest BCUT2D eigenvalue weighted by Gasteiger charge is -2.17. The zero-order valence-electron chi connectivity index (χ0n) is 15.4. The number of aliphatic hydroxyl groups is 3. The molecule has 0 bridgehead atoms. The maximum atomic E-state index is 12.6. The minimum Gasteiger partial charge on any atom is -0.469 e. The number of methoxy groups -OCH3 is 1. The maximum Gasteiger partial charge on any atom is 0.307 e. The Bertz CT molecular complexity index is 986. The van der Waals surface area contributed by atoms with E-state index >= 15 is 0 Å². The van der Waals surface area contributed by atoms with Gasteiger partial charge in [0, 0.05) is 12.7 Å². The van der Waals surface area contributed by atoms with E-state index in [0.29, 0.717) is 0 Å². The number of hydrogen-bond donors (Lipinski definition) is 6. The predicted molar refractivity (Wildman–Crippen MR) is 96.7 cm³/mol. The number of carbonyl (C=O) groups excluding carboxylic acids is 2. The van der Waals surface area contributed by atoms with Gasteiger partial charge < -0.3 is 40.4 Å². The van der Waals surface area contributed by atoms with Gasteiger partial charge in [0.1, 0.15) is 18.3 Å². The highest BCUT2D eigenvalue weighted by molar-refractivity contribution is 6.06. The number of nitrogens with zero attached hydrogens (tertiary/aromatic N) is 2. The maximum absolute atomic E-state index is 12.6. The van der Waals surface area contributed by atoms with Crippen molar-refractivity contribution in [1.29, 1.82) is 0 Å². The third-order valence-corrected chi connectivity index (χ3v) is 4.58. The first-order valence-corrected chi connectivity index (χ1v) is 8.66. The van der Waals surface area contributed by atoms with Crippen LogP contribution in [0.3, 0.4) is 0 Å². The average molecular weight is 411 g/mol. The van der Waals surface area contributed by atoms with E-state index in [1.807, 2.05) is 0 Å². The average Bonchev–Trinajstić information content (AvgIpc) is 3.19. The first-order chi connectivity index (χ1) is 13.8. The second-order valence-electron chi connectivity index (χ2n) is 6.41. The monoisotopic (exact) mass is 411 g/mol. The molecule has 13 heteroatoms. The summed E-state index contributed by atoms with van der Waals surface area (Å²) >= 11 is 0. The van der Waals surface area contributed by atoms with Crippen molar-refractivity contribution in [3.63, 3.8) is 0 Å². The van der Waals surface area contributed by atoms with Crippen molar-refractivity contribution < 1.29 is 34.4 Å². The number of aliphatic hydroxyl groups excluding tert-OH is 3. The third kappa shape index (κ3) is 3.80. The van der Waals surface area contributed by atoms with Crippen LogP contribution in [-0.4, -0.2) is 80.3 Å². The van der Waals surface area contributed by atoms with Crippen LogP contribution in [0.2, 0.25) is 0 Å². The summed E-state index contributed by atoms with van der Waals surface area (Å²) in [5.74, 6) is -1.43. The van der Waals surface area contributed by atoms with Crippen molar-refractivity contribution >= 4 is 28.9 Å². The first kappa shape index (κ1) is 20.7. The number of anilines is 1. The number of ether oxygens (including phenoxy) is 2. The topological polar surface area (TPSA) is 202 Å². The molecule has 1 fully saturated rings. The molecule has 1 aliphatic heterocycles. The highest BCUT2D eigenvalue weighted by Crippen LogP contribution is 2.32. The fourth-order valence-electron chi connectivity index (χ4n) is 3.12. The number of aromatic nitrogens is 3. The fraction of sp³-hybridized carbons (Fsp3) is 0.500. The molecule has 3 rings (SSSR count). The number of esters is 1. The molecule has 0 unspecified atom stereocenters. The predicted octanol–water partition coefficient (Wildman–Crippen LogP) is -2.79. The smallest absolute Gasteiger partial charge is 0.307 e. The van der Waals surface area contributed by atoms with Crippen molar-refractivity contribution in [2.75, 3.05) is 26.0 Å². The van der Waals surface area contributed by atoms with E-state index < -0.39 is 48.6 Å².